The Kier molecular flexibility index (Phi) is 5.31. The molecule has 0 aliphatic heterocycles. The third kappa shape index (κ3) is 4.42. The second kappa shape index (κ2) is 7.41. The van der Waals surface area contributed by atoms with Gasteiger partial charge in [0, 0.05) is 11.3 Å². The van der Waals surface area contributed by atoms with Crippen molar-refractivity contribution in [1.29, 1.82) is 0 Å². The summed E-state index contributed by atoms with van der Waals surface area (Å²) in [5.41, 5.74) is 1.05. The van der Waals surface area contributed by atoms with Gasteiger partial charge < -0.3 is 15.2 Å². The van der Waals surface area contributed by atoms with Crippen LogP contribution in [0.15, 0.2) is 48.5 Å². The molecule has 0 bridgehead atoms. The molecule has 0 saturated carbocycles. The van der Waals surface area contributed by atoms with Crippen LogP contribution in [0.25, 0.3) is 0 Å². The maximum atomic E-state index is 12.1. The molecule has 0 unspecified atom stereocenters. The Hall–Kier alpha value is -3.15. The van der Waals surface area contributed by atoms with Crippen LogP contribution in [0.1, 0.15) is 34.6 Å². The summed E-state index contributed by atoms with van der Waals surface area (Å²) in [6.07, 6.45) is -1.04. The number of Topliss-reactive ketones (excluding diaryl/α,β-unsaturated/α-hetero) is 1. The zero-order chi connectivity index (χ0) is 17.7. The Morgan fingerprint density at radius 1 is 1.04 bits per heavy atom. The van der Waals surface area contributed by atoms with Gasteiger partial charge in [0.05, 0.1) is 5.56 Å². The van der Waals surface area contributed by atoms with Gasteiger partial charge in [-0.25, -0.2) is 4.79 Å². The number of anilines is 1. The molecule has 24 heavy (non-hydrogen) atoms. The number of benzene rings is 2. The van der Waals surface area contributed by atoms with E-state index >= 15 is 0 Å². The number of nitrogens with one attached hydrogen (secondary N) is 1. The van der Waals surface area contributed by atoms with Gasteiger partial charge in [0.25, 0.3) is 5.91 Å². The molecule has 2 aromatic carbocycles. The summed E-state index contributed by atoms with van der Waals surface area (Å²) >= 11 is 0. The molecule has 2 aromatic rings. The minimum Gasteiger partial charge on any atom is -0.508 e. The molecule has 0 spiro atoms. The van der Waals surface area contributed by atoms with Crippen molar-refractivity contribution >= 4 is 23.3 Å². The van der Waals surface area contributed by atoms with Crippen LogP contribution in [0, 0.1) is 0 Å². The van der Waals surface area contributed by atoms with Crippen LogP contribution in [-0.4, -0.2) is 28.9 Å². The van der Waals surface area contributed by atoms with Gasteiger partial charge in [-0.15, -0.1) is 0 Å². The second-order valence-electron chi connectivity index (χ2n) is 5.22. The van der Waals surface area contributed by atoms with Crippen molar-refractivity contribution in [3.63, 3.8) is 0 Å². The smallest absolute Gasteiger partial charge is 0.339 e. The molecule has 1 atom stereocenters. The number of amides is 1. The number of hydrogen-bond donors (Lipinski definition) is 2. The van der Waals surface area contributed by atoms with Crippen molar-refractivity contribution in [3.05, 3.63) is 59.7 Å². The van der Waals surface area contributed by atoms with Gasteiger partial charge in [-0.2, -0.15) is 0 Å². The second-order valence-corrected chi connectivity index (χ2v) is 5.22. The summed E-state index contributed by atoms with van der Waals surface area (Å²) in [6.45, 7) is 2.87. The number of carbonyl (C=O) groups is 3. The van der Waals surface area contributed by atoms with Crippen LogP contribution < -0.4 is 5.32 Å². The van der Waals surface area contributed by atoms with Gasteiger partial charge in [0.1, 0.15) is 5.75 Å². The van der Waals surface area contributed by atoms with Crippen molar-refractivity contribution in [2.24, 2.45) is 0 Å². The lowest BCUT2D eigenvalue weighted by molar-refractivity contribution is -0.123. The van der Waals surface area contributed by atoms with E-state index in [0.717, 1.165) is 0 Å². The van der Waals surface area contributed by atoms with Crippen LogP contribution in [0.2, 0.25) is 0 Å². The maximum absolute atomic E-state index is 12.1. The minimum absolute atomic E-state index is 0.0670. The lowest BCUT2D eigenvalue weighted by Gasteiger charge is -2.14. The molecule has 0 radical (unpaired) electrons. The molecule has 6 nitrogen and oxygen atoms in total. The third-order valence-corrected chi connectivity index (χ3v) is 3.27. The van der Waals surface area contributed by atoms with Crippen LogP contribution in [0.3, 0.4) is 0 Å². The van der Waals surface area contributed by atoms with Crippen molar-refractivity contribution in [2.45, 2.75) is 20.0 Å². The zero-order valence-electron chi connectivity index (χ0n) is 13.3. The highest BCUT2D eigenvalue weighted by Crippen LogP contribution is 2.14. The first-order chi connectivity index (χ1) is 11.4. The van der Waals surface area contributed by atoms with Gasteiger partial charge in [-0.1, -0.05) is 18.2 Å². The molecule has 0 saturated heterocycles. The van der Waals surface area contributed by atoms with E-state index in [1.165, 1.54) is 38.1 Å². The van der Waals surface area contributed by atoms with Crippen LogP contribution >= 0.6 is 0 Å². The Morgan fingerprint density at radius 3 is 2.38 bits per heavy atom. The number of rotatable bonds is 5. The van der Waals surface area contributed by atoms with Crippen molar-refractivity contribution in [1.82, 2.24) is 0 Å². The van der Waals surface area contributed by atoms with E-state index in [0.29, 0.717) is 11.3 Å². The molecule has 2 rings (SSSR count). The molecule has 124 valence electrons. The fourth-order valence-corrected chi connectivity index (χ4v) is 1.97. The molecule has 6 heteroatoms. The molecule has 0 fully saturated rings. The Labute approximate surface area is 139 Å². The SMILES string of the molecule is CC(=O)c1cccc(NC(=O)[C@@H](C)OC(=O)c2cccc(O)c2)c1. The van der Waals surface area contributed by atoms with E-state index < -0.39 is 18.0 Å². The topological polar surface area (TPSA) is 92.7 Å². The first-order valence-corrected chi connectivity index (χ1v) is 7.28. The number of ether oxygens (including phenoxy) is 1. The highest BCUT2D eigenvalue weighted by atomic mass is 16.5. The van der Waals surface area contributed by atoms with E-state index in [-0.39, 0.29) is 17.1 Å². The number of carbonyl (C=O) groups excluding carboxylic acids is 3. The molecule has 2 N–H and O–H groups in total. The minimum atomic E-state index is -1.04. The Bertz CT molecular complexity index is 784. The first kappa shape index (κ1) is 17.2. The van der Waals surface area contributed by atoms with Crippen LogP contribution in [-0.2, 0) is 9.53 Å². The van der Waals surface area contributed by atoms with Crippen molar-refractivity contribution < 1.29 is 24.2 Å². The molecule has 0 aliphatic carbocycles. The number of hydrogen-bond acceptors (Lipinski definition) is 5. The van der Waals surface area contributed by atoms with Crippen molar-refractivity contribution in [3.8, 4) is 5.75 Å². The van der Waals surface area contributed by atoms with Crippen LogP contribution in [0.4, 0.5) is 5.69 Å². The van der Waals surface area contributed by atoms with Gasteiger partial charge in [0.2, 0.25) is 0 Å². The van der Waals surface area contributed by atoms with E-state index in [4.69, 9.17) is 4.74 Å². The number of phenolic OH excluding ortho intramolecular Hbond substituents is 1. The molecule has 0 aromatic heterocycles. The average Bonchev–Trinajstić information content (AvgIpc) is 2.54. The summed E-state index contributed by atoms with van der Waals surface area (Å²) in [7, 11) is 0. The summed E-state index contributed by atoms with van der Waals surface area (Å²) < 4.78 is 5.07. The monoisotopic (exact) mass is 327 g/mol. The van der Waals surface area contributed by atoms with E-state index in [1.807, 2.05) is 0 Å². The predicted molar refractivity (Wildman–Crippen MR) is 88.1 cm³/mol. The van der Waals surface area contributed by atoms with Gasteiger partial charge in [-0.05, 0) is 44.2 Å². The van der Waals surface area contributed by atoms with E-state index in [9.17, 15) is 19.5 Å². The van der Waals surface area contributed by atoms with E-state index in [1.54, 1.807) is 24.3 Å². The zero-order valence-corrected chi connectivity index (χ0v) is 13.3. The number of ketones is 1. The number of phenols is 1. The Morgan fingerprint density at radius 2 is 1.71 bits per heavy atom. The first-order valence-electron chi connectivity index (χ1n) is 7.28. The van der Waals surface area contributed by atoms with Gasteiger partial charge in [0.15, 0.2) is 11.9 Å². The number of aromatic hydroxyl groups is 1. The summed E-state index contributed by atoms with van der Waals surface area (Å²) in [5.74, 6) is -1.42. The largest absolute Gasteiger partial charge is 0.508 e. The lowest BCUT2D eigenvalue weighted by atomic mass is 10.1. The van der Waals surface area contributed by atoms with Gasteiger partial charge in [-0.3, -0.25) is 9.59 Å². The molecule has 0 heterocycles. The fraction of sp³-hybridized carbons (Fsp3) is 0.167. The summed E-state index contributed by atoms with van der Waals surface area (Å²) in [6, 6.07) is 12.1. The van der Waals surface area contributed by atoms with E-state index in [2.05, 4.69) is 5.32 Å². The number of esters is 1. The highest BCUT2D eigenvalue weighted by molar-refractivity contribution is 5.99. The predicted octanol–water partition coefficient (Wildman–Crippen LogP) is 2.78. The quantitative estimate of drug-likeness (QED) is 0.651. The molecule has 1 amide bonds. The lowest BCUT2D eigenvalue weighted by Crippen LogP contribution is -2.30. The summed E-state index contributed by atoms with van der Waals surface area (Å²) in [4.78, 5) is 35.4. The van der Waals surface area contributed by atoms with Crippen LogP contribution in [0.5, 0.6) is 5.75 Å². The normalized spacial score (nSPS) is 11.4. The maximum Gasteiger partial charge on any atom is 0.339 e. The molecule has 0 aliphatic rings. The molecular formula is C18H17NO5. The molecular weight excluding hydrogens is 310 g/mol. The fourth-order valence-electron chi connectivity index (χ4n) is 1.97. The Balaban J connectivity index is 2.01. The highest BCUT2D eigenvalue weighted by Gasteiger charge is 2.19. The average molecular weight is 327 g/mol. The van der Waals surface area contributed by atoms with Crippen molar-refractivity contribution in [2.75, 3.05) is 5.32 Å². The standard InChI is InChI=1S/C18H17NO5/c1-11(20)13-5-3-7-15(9-13)19-17(22)12(2)24-18(23)14-6-4-8-16(21)10-14/h3-10,12,21H,1-2H3,(H,19,22)/t12-/m1/s1. The third-order valence-electron chi connectivity index (χ3n) is 3.27. The summed E-state index contributed by atoms with van der Waals surface area (Å²) in [5, 5.41) is 11.9. The van der Waals surface area contributed by atoms with Gasteiger partial charge >= 0.3 is 5.97 Å².